The molecule has 1 heterocycles. The largest absolute Gasteiger partial charge is 0.382 e. The first-order valence-electron chi connectivity index (χ1n) is 5.75. The molecule has 0 aromatic rings. The topological polar surface area (TPSA) is 59.6 Å². The molecular weight excluding hydrogens is 208 g/mol. The Morgan fingerprint density at radius 3 is 2.94 bits per heavy atom. The lowest BCUT2D eigenvalue weighted by atomic mass is 10.0. The smallest absolute Gasteiger partial charge is 0.220 e. The molecule has 1 aliphatic heterocycles. The van der Waals surface area contributed by atoms with Crippen LogP contribution in [0.5, 0.6) is 0 Å². The molecule has 1 saturated heterocycles. The molecule has 0 aromatic heterocycles. The molecule has 2 N–H and O–H groups in total. The zero-order valence-corrected chi connectivity index (χ0v) is 10.1. The molecule has 5 nitrogen and oxygen atoms in total. The summed E-state index contributed by atoms with van der Waals surface area (Å²) < 4.78 is 10.1. The van der Waals surface area contributed by atoms with Crippen molar-refractivity contribution >= 4 is 5.91 Å². The maximum Gasteiger partial charge on any atom is 0.220 e. The average Bonchev–Trinajstić information content (AvgIpc) is 2.76. The van der Waals surface area contributed by atoms with Crippen LogP contribution in [0, 0.1) is 5.92 Å². The van der Waals surface area contributed by atoms with Gasteiger partial charge in [-0.2, -0.15) is 0 Å². The summed E-state index contributed by atoms with van der Waals surface area (Å²) in [5, 5.41) is 6.12. The molecule has 16 heavy (non-hydrogen) atoms. The minimum Gasteiger partial charge on any atom is -0.382 e. The molecule has 1 aliphatic rings. The summed E-state index contributed by atoms with van der Waals surface area (Å²) in [7, 11) is 3.24. The monoisotopic (exact) mass is 230 g/mol. The van der Waals surface area contributed by atoms with Gasteiger partial charge in [0.15, 0.2) is 0 Å². The second-order valence-electron chi connectivity index (χ2n) is 4.18. The molecule has 1 fully saturated rings. The van der Waals surface area contributed by atoms with Crippen molar-refractivity contribution in [3.05, 3.63) is 0 Å². The lowest BCUT2D eigenvalue weighted by Gasteiger charge is -2.15. The van der Waals surface area contributed by atoms with Crippen LogP contribution >= 0.6 is 0 Å². The highest BCUT2D eigenvalue weighted by Gasteiger charge is 2.18. The minimum absolute atomic E-state index is 0.0596. The van der Waals surface area contributed by atoms with Gasteiger partial charge in [0.1, 0.15) is 0 Å². The maximum atomic E-state index is 11.6. The summed E-state index contributed by atoms with van der Waals surface area (Å²) in [5.41, 5.74) is 0. The Kier molecular flexibility index (Phi) is 6.37. The van der Waals surface area contributed by atoms with Crippen molar-refractivity contribution < 1.29 is 14.3 Å². The van der Waals surface area contributed by atoms with Gasteiger partial charge < -0.3 is 20.1 Å². The lowest BCUT2D eigenvalue weighted by molar-refractivity contribution is -0.122. The van der Waals surface area contributed by atoms with Crippen LogP contribution in [-0.4, -0.2) is 52.5 Å². The van der Waals surface area contributed by atoms with Gasteiger partial charge in [-0.25, -0.2) is 0 Å². The average molecular weight is 230 g/mol. The predicted octanol–water partition coefficient (Wildman–Crippen LogP) is -0.236. The highest BCUT2D eigenvalue weighted by Crippen LogP contribution is 2.11. The van der Waals surface area contributed by atoms with Crippen LogP contribution in [0.25, 0.3) is 0 Å². The van der Waals surface area contributed by atoms with Crippen molar-refractivity contribution in [2.45, 2.75) is 18.9 Å². The first kappa shape index (κ1) is 13.4. The van der Waals surface area contributed by atoms with E-state index in [0.717, 1.165) is 19.5 Å². The zero-order chi connectivity index (χ0) is 11.8. The molecule has 0 saturated carbocycles. The molecule has 0 radical (unpaired) electrons. The molecule has 5 heteroatoms. The summed E-state index contributed by atoms with van der Waals surface area (Å²) in [5.74, 6) is 0.593. The summed E-state index contributed by atoms with van der Waals surface area (Å²) in [6.45, 7) is 3.01. The molecule has 2 atom stereocenters. The summed E-state index contributed by atoms with van der Waals surface area (Å²) in [4.78, 5) is 11.6. The minimum atomic E-state index is -0.0596. The SMILES string of the molecule is COCC(CNC(=O)CC1CCNC1)OC. The van der Waals surface area contributed by atoms with E-state index in [1.54, 1.807) is 14.2 Å². The van der Waals surface area contributed by atoms with Gasteiger partial charge in [-0.3, -0.25) is 4.79 Å². The van der Waals surface area contributed by atoms with Crippen LogP contribution < -0.4 is 10.6 Å². The van der Waals surface area contributed by atoms with Crippen LogP contribution in [0.2, 0.25) is 0 Å². The Morgan fingerprint density at radius 1 is 1.56 bits per heavy atom. The van der Waals surface area contributed by atoms with Crippen LogP contribution in [0.4, 0.5) is 0 Å². The van der Waals surface area contributed by atoms with E-state index in [-0.39, 0.29) is 12.0 Å². The summed E-state index contributed by atoms with van der Waals surface area (Å²) in [6, 6.07) is 0. The van der Waals surface area contributed by atoms with Gasteiger partial charge in [-0.1, -0.05) is 0 Å². The van der Waals surface area contributed by atoms with E-state index in [9.17, 15) is 4.79 Å². The highest BCUT2D eigenvalue weighted by atomic mass is 16.5. The maximum absolute atomic E-state index is 11.6. The van der Waals surface area contributed by atoms with Gasteiger partial charge in [-0.15, -0.1) is 0 Å². The van der Waals surface area contributed by atoms with E-state index in [0.29, 0.717) is 25.5 Å². The highest BCUT2D eigenvalue weighted by molar-refractivity contribution is 5.76. The Morgan fingerprint density at radius 2 is 2.38 bits per heavy atom. The van der Waals surface area contributed by atoms with Gasteiger partial charge in [0.25, 0.3) is 0 Å². The molecule has 0 spiro atoms. The number of rotatable bonds is 7. The van der Waals surface area contributed by atoms with Gasteiger partial charge in [0.05, 0.1) is 12.7 Å². The fourth-order valence-electron chi connectivity index (χ4n) is 1.85. The number of carbonyl (C=O) groups excluding carboxylic acids is 1. The van der Waals surface area contributed by atoms with Crippen molar-refractivity contribution in [1.29, 1.82) is 0 Å². The number of ether oxygens (including phenoxy) is 2. The van der Waals surface area contributed by atoms with E-state index in [4.69, 9.17) is 9.47 Å². The van der Waals surface area contributed by atoms with Crippen LogP contribution in [0.3, 0.4) is 0 Å². The lowest BCUT2D eigenvalue weighted by Crippen LogP contribution is -2.36. The molecule has 0 aliphatic carbocycles. The number of carbonyl (C=O) groups is 1. The van der Waals surface area contributed by atoms with Crippen LogP contribution in [0.15, 0.2) is 0 Å². The van der Waals surface area contributed by atoms with Gasteiger partial charge in [-0.05, 0) is 25.4 Å². The van der Waals surface area contributed by atoms with Crippen molar-refractivity contribution in [2.75, 3.05) is 40.5 Å². The Bertz CT molecular complexity index is 205. The number of hydrogen-bond acceptors (Lipinski definition) is 4. The van der Waals surface area contributed by atoms with Crippen molar-refractivity contribution in [3.63, 3.8) is 0 Å². The third-order valence-corrected chi connectivity index (χ3v) is 2.85. The fourth-order valence-corrected chi connectivity index (χ4v) is 1.85. The summed E-state index contributed by atoms with van der Waals surface area (Å²) in [6.07, 6.45) is 1.64. The second-order valence-corrected chi connectivity index (χ2v) is 4.18. The van der Waals surface area contributed by atoms with Gasteiger partial charge in [0.2, 0.25) is 5.91 Å². The van der Waals surface area contributed by atoms with E-state index in [2.05, 4.69) is 10.6 Å². The standard InChI is InChI=1S/C11H22N2O3/c1-15-8-10(16-2)7-13-11(14)5-9-3-4-12-6-9/h9-10,12H,3-8H2,1-2H3,(H,13,14). The number of methoxy groups -OCH3 is 2. The molecule has 0 bridgehead atoms. The van der Waals surface area contributed by atoms with Crippen molar-refractivity contribution in [1.82, 2.24) is 10.6 Å². The first-order chi connectivity index (χ1) is 7.76. The fraction of sp³-hybridized carbons (Fsp3) is 0.909. The molecule has 94 valence electrons. The van der Waals surface area contributed by atoms with E-state index < -0.39 is 0 Å². The Hall–Kier alpha value is -0.650. The van der Waals surface area contributed by atoms with Crippen LogP contribution in [-0.2, 0) is 14.3 Å². The van der Waals surface area contributed by atoms with E-state index >= 15 is 0 Å². The number of nitrogens with one attached hydrogen (secondary N) is 2. The normalized spacial score (nSPS) is 22.0. The molecule has 1 amide bonds. The molecule has 1 rings (SSSR count). The third kappa shape index (κ3) is 4.92. The molecule has 0 aromatic carbocycles. The van der Waals surface area contributed by atoms with Crippen molar-refractivity contribution in [2.24, 2.45) is 5.92 Å². The number of hydrogen-bond donors (Lipinski definition) is 2. The molecular formula is C11H22N2O3. The molecule has 2 unspecified atom stereocenters. The zero-order valence-electron chi connectivity index (χ0n) is 10.1. The Balaban J connectivity index is 2.12. The number of amides is 1. The first-order valence-corrected chi connectivity index (χ1v) is 5.75. The van der Waals surface area contributed by atoms with Gasteiger partial charge in [0, 0.05) is 27.2 Å². The van der Waals surface area contributed by atoms with E-state index in [1.165, 1.54) is 0 Å². The predicted molar refractivity (Wildman–Crippen MR) is 61.3 cm³/mol. The van der Waals surface area contributed by atoms with E-state index in [1.807, 2.05) is 0 Å². The van der Waals surface area contributed by atoms with Gasteiger partial charge >= 0.3 is 0 Å². The summed E-state index contributed by atoms with van der Waals surface area (Å²) >= 11 is 0. The van der Waals surface area contributed by atoms with Crippen LogP contribution in [0.1, 0.15) is 12.8 Å². The second kappa shape index (κ2) is 7.60. The quantitative estimate of drug-likeness (QED) is 0.634. The van der Waals surface area contributed by atoms with Crippen molar-refractivity contribution in [3.8, 4) is 0 Å². The Labute approximate surface area is 96.9 Å². The third-order valence-electron chi connectivity index (χ3n) is 2.85.